The summed E-state index contributed by atoms with van der Waals surface area (Å²) in [6.45, 7) is 7.62. The van der Waals surface area contributed by atoms with Crippen molar-refractivity contribution in [3.63, 3.8) is 0 Å². The maximum Gasteiger partial charge on any atom is 0.323 e. The Balaban J connectivity index is 2.38. The van der Waals surface area contributed by atoms with Gasteiger partial charge in [-0.1, -0.05) is 0 Å². The van der Waals surface area contributed by atoms with Crippen LogP contribution < -0.4 is 5.73 Å². The number of aryl methyl sites for hydroxylation is 2. The third-order valence-electron chi connectivity index (χ3n) is 3.87. The van der Waals surface area contributed by atoms with E-state index >= 15 is 0 Å². The van der Waals surface area contributed by atoms with Gasteiger partial charge in [0.05, 0.1) is 17.4 Å². The van der Waals surface area contributed by atoms with Gasteiger partial charge in [0.25, 0.3) is 0 Å². The van der Waals surface area contributed by atoms with E-state index in [1.807, 2.05) is 17.6 Å². The number of carboxylic acids is 1. The second kappa shape index (κ2) is 4.90. The zero-order valence-corrected chi connectivity index (χ0v) is 12.3. The van der Waals surface area contributed by atoms with Gasteiger partial charge in [0.1, 0.15) is 5.54 Å². The lowest BCUT2D eigenvalue weighted by atomic mass is 9.95. The fourth-order valence-corrected chi connectivity index (χ4v) is 2.43. The van der Waals surface area contributed by atoms with E-state index in [2.05, 4.69) is 24.9 Å². The number of aromatic nitrogens is 2. The zero-order valence-electron chi connectivity index (χ0n) is 12.3. The zero-order chi connectivity index (χ0) is 15.1. The van der Waals surface area contributed by atoms with Crippen LogP contribution in [-0.4, -0.2) is 26.2 Å². The molecule has 0 saturated carbocycles. The number of fused-ring (bicyclic) bond motifs is 1. The van der Waals surface area contributed by atoms with Crippen LogP contribution in [0.2, 0.25) is 0 Å². The predicted octanol–water partition coefficient (Wildman–Crippen LogP) is 2.41. The summed E-state index contributed by atoms with van der Waals surface area (Å²) in [5.41, 5.74) is 8.92. The van der Waals surface area contributed by atoms with Gasteiger partial charge in [-0.05, 0) is 57.4 Å². The minimum Gasteiger partial charge on any atom is -0.480 e. The number of aliphatic carboxylic acids is 1. The minimum absolute atomic E-state index is 0.0341. The highest BCUT2D eigenvalue weighted by molar-refractivity contribution is 5.79. The second-order valence-corrected chi connectivity index (χ2v) is 5.85. The second-order valence-electron chi connectivity index (χ2n) is 5.85. The van der Waals surface area contributed by atoms with Crippen LogP contribution in [0, 0.1) is 13.8 Å². The van der Waals surface area contributed by atoms with E-state index in [1.165, 1.54) is 11.1 Å². The molecule has 2 aromatic rings. The highest BCUT2D eigenvalue weighted by Crippen LogP contribution is 2.25. The number of benzene rings is 1. The number of rotatable bonds is 4. The van der Waals surface area contributed by atoms with Crippen LogP contribution in [0.1, 0.15) is 37.4 Å². The summed E-state index contributed by atoms with van der Waals surface area (Å²) >= 11 is 0. The van der Waals surface area contributed by atoms with Gasteiger partial charge in [0.2, 0.25) is 0 Å². The number of carbonyl (C=O) groups is 1. The minimum atomic E-state index is -1.24. The standard InChI is InChI=1S/C15H21N3O2/c1-9-5-12-13(6-10(9)2)18(8-17-12)11(3)7-15(4,16)14(19)20/h5-6,8,11H,7,16H2,1-4H3,(H,19,20). The van der Waals surface area contributed by atoms with E-state index in [-0.39, 0.29) is 6.04 Å². The molecule has 2 rings (SSSR count). The van der Waals surface area contributed by atoms with E-state index in [9.17, 15) is 4.79 Å². The van der Waals surface area contributed by atoms with Crippen LogP contribution in [0.25, 0.3) is 11.0 Å². The summed E-state index contributed by atoms with van der Waals surface area (Å²) < 4.78 is 2.00. The van der Waals surface area contributed by atoms with Crippen LogP contribution in [0.15, 0.2) is 18.5 Å². The molecule has 20 heavy (non-hydrogen) atoms. The molecular weight excluding hydrogens is 254 g/mol. The van der Waals surface area contributed by atoms with Gasteiger partial charge in [-0.2, -0.15) is 0 Å². The molecule has 5 nitrogen and oxygen atoms in total. The van der Waals surface area contributed by atoms with E-state index in [0.717, 1.165) is 11.0 Å². The van der Waals surface area contributed by atoms with Gasteiger partial charge in [0, 0.05) is 6.04 Å². The van der Waals surface area contributed by atoms with Crippen molar-refractivity contribution in [1.29, 1.82) is 0 Å². The molecule has 1 aromatic heterocycles. The number of nitrogens with two attached hydrogens (primary N) is 1. The molecule has 0 spiro atoms. The largest absolute Gasteiger partial charge is 0.480 e. The SMILES string of the molecule is Cc1cc2ncn(C(C)CC(C)(N)C(=O)O)c2cc1C. The fraction of sp³-hybridized carbons (Fsp3) is 0.467. The average molecular weight is 275 g/mol. The molecule has 2 unspecified atom stereocenters. The third kappa shape index (κ3) is 2.54. The van der Waals surface area contributed by atoms with Crippen molar-refractivity contribution in [2.24, 2.45) is 5.73 Å². The summed E-state index contributed by atoms with van der Waals surface area (Å²) in [6, 6.07) is 4.10. The molecule has 5 heteroatoms. The van der Waals surface area contributed by atoms with Crippen LogP contribution >= 0.6 is 0 Å². The van der Waals surface area contributed by atoms with Gasteiger partial charge in [-0.15, -0.1) is 0 Å². The Bertz CT molecular complexity index is 658. The number of hydrogen-bond donors (Lipinski definition) is 2. The molecule has 0 fully saturated rings. The van der Waals surface area contributed by atoms with E-state index in [0.29, 0.717) is 6.42 Å². The molecule has 1 heterocycles. The molecule has 0 saturated heterocycles. The van der Waals surface area contributed by atoms with Crippen molar-refractivity contribution in [3.05, 3.63) is 29.6 Å². The molecule has 2 atom stereocenters. The summed E-state index contributed by atoms with van der Waals surface area (Å²) in [5, 5.41) is 9.13. The van der Waals surface area contributed by atoms with Gasteiger partial charge in [-0.3, -0.25) is 4.79 Å². The lowest BCUT2D eigenvalue weighted by Crippen LogP contribution is -2.46. The van der Waals surface area contributed by atoms with Crippen molar-refractivity contribution in [2.45, 2.75) is 45.7 Å². The van der Waals surface area contributed by atoms with E-state index in [4.69, 9.17) is 10.8 Å². The van der Waals surface area contributed by atoms with Crippen molar-refractivity contribution in [3.8, 4) is 0 Å². The summed E-state index contributed by atoms with van der Waals surface area (Å²) in [4.78, 5) is 15.5. The number of carboxylic acid groups (broad SMARTS) is 1. The first kappa shape index (κ1) is 14.5. The lowest BCUT2D eigenvalue weighted by molar-refractivity contribution is -0.143. The topological polar surface area (TPSA) is 81.1 Å². The molecule has 0 amide bonds. The first-order valence-corrected chi connectivity index (χ1v) is 6.68. The first-order chi connectivity index (χ1) is 9.22. The molecular formula is C15H21N3O2. The van der Waals surface area contributed by atoms with E-state index in [1.54, 1.807) is 13.3 Å². The summed E-state index contributed by atoms with van der Waals surface area (Å²) in [7, 11) is 0. The highest BCUT2D eigenvalue weighted by Gasteiger charge is 2.30. The predicted molar refractivity (Wildman–Crippen MR) is 78.8 cm³/mol. The van der Waals surface area contributed by atoms with E-state index < -0.39 is 11.5 Å². The van der Waals surface area contributed by atoms with Crippen molar-refractivity contribution >= 4 is 17.0 Å². The Kier molecular flexibility index (Phi) is 3.56. The quantitative estimate of drug-likeness (QED) is 0.897. The number of nitrogens with zero attached hydrogens (tertiary/aromatic N) is 2. The molecule has 0 aliphatic heterocycles. The Morgan fingerprint density at radius 1 is 1.45 bits per heavy atom. The van der Waals surface area contributed by atoms with Gasteiger partial charge in [0.15, 0.2) is 0 Å². The first-order valence-electron chi connectivity index (χ1n) is 6.68. The molecule has 1 aromatic carbocycles. The Hall–Kier alpha value is -1.88. The van der Waals surface area contributed by atoms with Crippen molar-refractivity contribution in [1.82, 2.24) is 9.55 Å². The van der Waals surface area contributed by atoms with Gasteiger partial charge in [-0.25, -0.2) is 4.98 Å². The van der Waals surface area contributed by atoms with Crippen LogP contribution in [0.5, 0.6) is 0 Å². The molecule has 3 N–H and O–H groups in total. The summed E-state index contributed by atoms with van der Waals surface area (Å²) in [5.74, 6) is -0.985. The van der Waals surface area contributed by atoms with Crippen LogP contribution in [-0.2, 0) is 4.79 Å². The molecule has 0 aliphatic carbocycles. The molecule has 0 radical (unpaired) electrons. The van der Waals surface area contributed by atoms with Gasteiger partial charge >= 0.3 is 5.97 Å². The molecule has 0 bridgehead atoms. The maximum absolute atomic E-state index is 11.1. The Labute approximate surface area is 118 Å². The molecule has 0 aliphatic rings. The highest BCUT2D eigenvalue weighted by atomic mass is 16.4. The Morgan fingerprint density at radius 3 is 2.65 bits per heavy atom. The lowest BCUT2D eigenvalue weighted by Gasteiger charge is -2.24. The van der Waals surface area contributed by atoms with Crippen LogP contribution in [0.3, 0.4) is 0 Å². The fourth-order valence-electron chi connectivity index (χ4n) is 2.43. The van der Waals surface area contributed by atoms with Crippen molar-refractivity contribution < 1.29 is 9.90 Å². The smallest absolute Gasteiger partial charge is 0.323 e. The Morgan fingerprint density at radius 2 is 2.05 bits per heavy atom. The third-order valence-corrected chi connectivity index (χ3v) is 3.87. The molecule has 108 valence electrons. The van der Waals surface area contributed by atoms with Gasteiger partial charge < -0.3 is 15.4 Å². The van der Waals surface area contributed by atoms with Crippen LogP contribution in [0.4, 0.5) is 0 Å². The summed E-state index contributed by atoms with van der Waals surface area (Å²) in [6.07, 6.45) is 2.10. The monoisotopic (exact) mass is 275 g/mol. The van der Waals surface area contributed by atoms with Crippen molar-refractivity contribution in [2.75, 3.05) is 0 Å². The maximum atomic E-state index is 11.1. The normalized spacial score (nSPS) is 16.1. The number of hydrogen-bond acceptors (Lipinski definition) is 3. The average Bonchev–Trinajstić information content (AvgIpc) is 2.72. The number of imidazole rings is 1.